The minimum absolute atomic E-state index is 0. The Morgan fingerprint density at radius 2 is 1.20 bits per heavy atom. The second kappa shape index (κ2) is 17.7. The van der Waals surface area contributed by atoms with Crippen LogP contribution in [0.1, 0.15) is 42.4 Å². The SMILES string of the molecule is C.CCO.CS(=O)(=O)c1ccc(-c2ncnc3c2CN(Cc2ccccc2)CC3)cc1.CS(=O)(=O)c1ccc(-c2ncnc3c2CNCC3)cc1. The predicted molar refractivity (Wildman–Crippen MR) is 200 cm³/mol. The van der Waals surface area contributed by atoms with Crippen LogP contribution < -0.4 is 5.32 Å². The van der Waals surface area contributed by atoms with Gasteiger partial charge in [-0.2, -0.15) is 0 Å². The Morgan fingerprint density at radius 1 is 0.706 bits per heavy atom. The van der Waals surface area contributed by atoms with E-state index in [0.29, 0.717) is 9.79 Å². The van der Waals surface area contributed by atoms with Gasteiger partial charge in [-0.05, 0) is 36.8 Å². The molecule has 0 amide bonds. The Kier molecular flexibility index (Phi) is 13.7. The summed E-state index contributed by atoms with van der Waals surface area (Å²) in [5.41, 5.74) is 9.27. The summed E-state index contributed by atoms with van der Waals surface area (Å²) in [6, 6.07) is 24.2. The highest BCUT2D eigenvalue weighted by Gasteiger charge is 2.22. The molecule has 0 saturated carbocycles. The summed E-state index contributed by atoms with van der Waals surface area (Å²) in [6.45, 7) is 6.25. The molecule has 0 unspecified atom stereocenters. The van der Waals surface area contributed by atoms with Crippen molar-refractivity contribution in [3.63, 3.8) is 0 Å². The van der Waals surface area contributed by atoms with Crippen LogP contribution in [-0.4, -0.2) is 79.0 Å². The molecule has 0 aliphatic carbocycles. The van der Waals surface area contributed by atoms with Crippen LogP contribution >= 0.6 is 0 Å². The first-order valence-electron chi connectivity index (χ1n) is 16.3. The van der Waals surface area contributed by atoms with E-state index in [0.717, 1.165) is 90.6 Å². The average Bonchev–Trinajstić information content (AvgIpc) is 3.11. The van der Waals surface area contributed by atoms with Crippen molar-refractivity contribution in [3.8, 4) is 22.5 Å². The van der Waals surface area contributed by atoms with Gasteiger partial charge in [0.2, 0.25) is 0 Å². The zero-order chi connectivity index (χ0) is 35.7. The van der Waals surface area contributed by atoms with Crippen LogP contribution in [-0.2, 0) is 52.2 Å². The monoisotopic (exact) mass is 730 g/mol. The quantitative estimate of drug-likeness (QED) is 0.244. The van der Waals surface area contributed by atoms with Gasteiger partial charge in [-0.3, -0.25) is 4.90 Å². The lowest BCUT2D eigenvalue weighted by Crippen LogP contribution is -2.31. The van der Waals surface area contributed by atoms with Crippen molar-refractivity contribution in [2.75, 3.05) is 32.2 Å². The molecule has 2 aliphatic rings. The Balaban J connectivity index is 0.000000216. The molecule has 2 aliphatic heterocycles. The number of aromatic nitrogens is 4. The van der Waals surface area contributed by atoms with Gasteiger partial charge in [0.25, 0.3) is 0 Å². The summed E-state index contributed by atoms with van der Waals surface area (Å²) in [5.74, 6) is 0. The largest absolute Gasteiger partial charge is 0.397 e. The molecule has 0 radical (unpaired) electrons. The maximum absolute atomic E-state index is 11.7. The van der Waals surface area contributed by atoms with E-state index in [1.807, 2.05) is 18.2 Å². The fraction of sp³-hybridized carbons (Fsp3) is 0.316. The van der Waals surface area contributed by atoms with Gasteiger partial charge < -0.3 is 10.4 Å². The second-order valence-electron chi connectivity index (χ2n) is 12.1. The van der Waals surface area contributed by atoms with Crippen molar-refractivity contribution in [2.24, 2.45) is 0 Å². The van der Waals surface area contributed by atoms with Gasteiger partial charge in [-0.25, -0.2) is 36.8 Å². The summed E-state index contributed by atoms with van der Waals surface area (Å²) in [7, 11) is -6.37. The van der Waals surface area contributed by atoms with E-state index in [4.69, 9.17) is 5.11 Å². The van der Waals surface area contributed by atoms with Crippen LogP contribution in [0.2, 0.25) is 0 Å². The molecule has 7 rings (SSSR count). The van der Waals surface area contributed by atoms with Crippen LogP contribution in [0.25, 0.3) is 22.5 Å². The Hall–Kier alpha value is -4.40. The average molecular weight is 731 g/mol. The summed E-state index contributed by atoms with van der Waals surface area (Å²) >= 11 is 0. The van der Waals surface area contributed by atoms with Crippen LogP contribution in [0.15, 0.2) is 101 Å². The molecule has 2 N–H and O–H groups in total. The van der Waals surface area contributed by atoms with Gasteiger partial charge in [-0.1, -0.05) is 62.0 Å². The third kappa shape index (κ3) is 10.3. The van der Waals surface area contributed by atoms with Gasteiger partial charge in [0.05, 0.1) is 32.6 Å². The number of nitrogens with zero attached hydrogens (tertiary/aromatic N) is 5. The third-order valence-electron chi connectivity index (χ3n) is 8.32. The van der Waals surface area contributed by atoms with Crippen molar-refractivity contribution in [1.82, 2.24) is 30.2 Å². The number of benzene rings is 3. The molecule has 2 aromatic heterocycles. The lowest BCUT2D eigenvalue weighted by Gasteiger charge is -2.29. The number of rotatable bonds is 6. The summed E-state index contributed by atoms with van der Waals surface area (Å²) in [5, 5.41) is 10.9. The first kappa shape index (κ1) is 39.4. The van der Waals surface area contributed by atoms with Gasteiger partial charge >= 0.3 is 0 Å². The number of hydrogen-bond acceptors (Lipinski definition) is 11. The maximum atomic E-state index is 11.7. The fourth-order valence-electron chi connectivity index (χ4n) is 5.86. The minimum Gasteiger partial charge on any atom is -0.397 e. The number of nitrogens with one attached hydrogen (secondary N) is 1. The second-order valence-corrected chi connectivity index (χ2v) is 16.1. The predicted octanol–water partition coefficient (Wildman–Crippen LogP) is 4.93. The molecule has 0 bridgehead atoms. The number of aliphatic hydroxyl groups is 1. The van der Waals surface area contributed by atoms with E-state index >= 15 is 0 Å². The number of hydrogen-bond donors (Lipinski definition) is 2. The van der Waals surface area contributed by atoms with E-state index in [1.165, 1.54) is 18.1 Å². The smallest absolute Gasteiger partial charge is 0.175 e. The zero-order valence-electron chi connectivity index (χ0n) is 28.4. The van der Waals surface area contributed by atoms with Crippen molar-refractivity contribution >= 4 is 19.7 Å². The van der Waals surface area contributed by atoms with E-state index in [-0.39, 0.29) is 14.0 Å². The Bertz CT molecular complexity index is 2110. The summed E-state index contributed by atoms with van der Waals surface area (Å²) < 4.78 is 46.4. The number of sulfone groups is 2. The van der Waals surface area contributed by atoms with Gasteiger partial charge in [0, 0.05) is 86.9 Å². The van der Waals surface area contributed by atoms with E-state index < -0.39 is 19.7 Å². The van der Waals surface area contributed by atoms with Gasteiger partial charge in [-0.15, -0.1) is 0 Å². The first-order valence-corrected chi connectivity index (χ1v) is 20.1. The highest BCUT2D eigenvalue weighted by Crippen LogP contribution is 2.29. The molecule has 5 aromatic rings. The molecule has 0 atom stereocenters. The lowest BCUT2D eigenvalue weighted by molar-refractivity contribution is 0.243. The van der Waals surface area contributed by atoms with Crippen LogP contribution in [0.5, 0.6) is 0 Å². The van der Waals surface area contributed by atoms with Crippen molar-refractivity contribution in [2.45, 2.75) is 56.6 Å². The molecular weight excluding hydrogens is 685 g/mol. The summed E-state index contributed by atoms with van der Waals surface area (Å²) in [6.07, 6.45) is 7.38. The molecule has 0 fully saturated rings. The number of fused-ring (bicyclic) bond motifs is 2. The van der Waals surface area contributed by atoms with Crippen LogP contribution in [0, 0.1) is 0 Å². The van der Waals surface area contributed by atoms with Crippen molar-refractivity contribution < 1.29 is 21.9 Å². The molecule has 4 heterocycles. The Labute approximate surface area is 301 Å². The maximum Gasteiger partial charge on any atom is 0.175 e. The zero-order valence-corrected chi connectivity index (χ0v) is 30.1. The normalized spacial score (nSPS) is 14.0. The molecule has 0 spiro atoms. The van der Waals surface area contributed by atoms with E-state index in [2.05, 4.69) is 54.4 Å². The first-order chi connectivity index (χ1) is 24.0. The van der Waals surface area contributed by atoms with Crippen molar-refractivity contribution in [3.05, 3.63) is 120 Å². The molecule has 3 aromatic carbocycles. The van der Waals surface area contributed by atoms with E-state index in [9.17, 15) is 16.8 Å². The lowest BCUT2D eigenvalue weighted by atomic mass is 9.99. The topological polar surface area (TPSA) is 155 Å². The summed E-state index contributed by atoms with van der Waals surface area (Å²) in [4.78, 5) is 20.7. The number of aliphatic hydroxyl groups excluding tert-OH is 1. The van der Waals surface area contributed by atoms with Gasteiger partial charge in [0.15, 0.2) is 19.7 Å². The van der Waals surface area contributed by atoms with Crippen molar-refractivity contribution in [1.29, 1.82) is 0 Å². The highest BCUT2D eigenvalue weighted by molar-refractivity contribution is 7.91. The molecule has 270 valence electrons. The third-order valence-corrected chi connectivity index (χ3v) is 10.6. The van der Waals surface area contributed by atoms with E-state index in [1.54, 1.807) is 56.0 Å². The molecule has 11 nitrogen and oxygen atoms in total. The highest BCUT2D eigenvalue weighted by atomic mass is 32.2. The van der Waals surface area contributed by atoms with Gasteiger partial charge in [0.1, 0.15) is 12.7 Å². The standard InChI is InChI=1S/C21H21N3O2S.C14H15N3O2S.C2H6O.CH4/c1-27(25,26)18-9-7-17(8-10-18)21-19-14-24(12-11-20(19)22-15-23-21)13-16-5-3-2-4-6-16;1-20(18,19)11-4-2-10(3-5-11)14-12-8-15-7-6-13(12)16-9-17-14;1-2-3;/h2-10,15H,11-14H2,1H3;2-5,9,15H,6-8H2,1H3;3H,2H2,1H3;1H4. The fourth-order valence-corrected chi connectivity index (χ4v) is 7.12. The molecule has 13 heteroatoms. The molecule has 0 saturated heterocycles. The van der Waals surface area contributed by atoms with Crippen LogP contribution in [0.4, 0.5) is 0 Å². The van der Waals surface area contributed by atoms with Crippen LogP contribution in [0.3, 0.4) is 0 Å². The molecular formula is C38H46N6O5S2. The molecule has 51 heavy (non-hydrogen) atoms. The Morgan fingerprint density at radius 3 is 1.71 bits per heavy atom. The minimum atomic E-state index is -3.20.